The van der Waals surface area contributed by atoms with Gasteiger partial charge in [0.1, 0.15) is 11.5 Å². The molecule has 2 aromatic carbocycles. The number of halogens is 1. The average Bonchev–Trinajstić information content (AvgIpc) is 3.46. The number of fused-ring (bicyclic) bond motifs is 2. The number of hydrogen-bond acceptors (Lipinski definition) is 4. The lowest BCUT2D eigenvalue weighted by atomic mass is 9.99. The first-order chi connectivity index (χ1) is 17.4. The van der Waals surface area contributed by atoms with E-state index in [0.717, 1.165) is 67.6 Å². The van der Waals surface area contributed by atoms with Crippen LogP contribution in [0.1, 0.15) is 11.1 Å². The van der Waals surface area contributed by atoms with Gasteiger partial charge in [0.05, 0.1) is 5.69 Å². The summed E-state index contributed by atoms with van der Waals surface area (Å²) in [5.74, 6) is -0.237. The molecule has 0 atom stereocenters. The quantitative estimate of drug-likeness (QED) is 0.304. The fourth-order valence-corrected chi connectivity index (χ4v) is 4.79. The van der Waals surface area contributed by atoms with Crippen molar-refractivity contribution in [1.82, 2.24) is 30.0 Å². The highest BCUT2D eigenvalue weighted by Crippen LogP contribution is 2.35. The van der Waals surface area contributed by atoms with E-state index in [9.17, 15) is 4.39 Å². The predicted molar refractivity (Wildman–Crippen MR) is 142 cm³/mol. The Kier molecular flexibility index (Phi) is 5.34. The maximum atomic E-state index is 14.1. The molecule has 0 saturated heterocycles. The maximum Gasteiger partial charge on any atom is 0.155 e. The third-order valence-electron chi connectivity index (χ3n) is 6.32. The molecule has 4 heterocycles. The van der Waals surface area contributed by atoms with Crippen LogP contribution in [0.3, 0.4) is 0 Å². The molecule has 36 heavy (non-hydrogen) atoms. The second-order valence-corrected chi connectivity index (χ2v) is 9.48. The lowest BCUT2D eigenvalue weighted by Gasteiger charge is -2.10. The lowest BCUT2D eigenvalue weighted by molar-refractivity contribution is 0.402. The van der Waals surface area contributed by atoms with E-state index in [0.29, 0.717) is 5.65 Å². The van der Waals surface area contributed by atoms with E-state index in [-0.39, 0.29) is 5.82 Å². The molecule has 2 N–H and O–H groups in total. The van der Waals surface area contributed by atoms with E-state index >= 15 is 0 Å². The summed E-state index contributed by atoms with van der Waals surface area (Å²) in [5.41, 5.74) is 9.17. The summed E-state index contributed by atoms with van der Waals surface area (Å²) in [7, 11) is 4.08. The summed E-state index contributed by atoms with van der Waals surface area (Å²) >= 11 is 0. The molecule has 0 spiro atoms. The largest absolute Gasteiger partial charge is 0.353 e. The van der Waals surface area contributed by atoms with Crippen LogP contribution in [0.25, 0.3) is 55.6 Å². The van der Waals surface area contributed by atoms with Crippen molar-refractivity contribution in [2.75, 3.05) is 14.1 Å². The number of H-pyrrole nitrogens is 2. The minimum absolute atomic E-state index is 0.237. The van der Waals surface area contributed by atoms with Gasteiger partial charge in [-0.15, -0.1) is 0 Å². The molecule has 6 rings (SSSR count). The molecular formula is C29H25FN6. The second kappa shape index (κ2) is 8.70. The zero-order valence-electron chi connectivity index (χ0n) is 20.3. The number of aromatic amines is 2. The number of nitrogens with one attached hydrogen (secondary N) is 2. The van der Waals surface area contributed by atoms with Gasteiger partial charge in [-0.2, -0.15) is 5.10 Å². The Balaban J connectivity index is 1.45. The van der Waals surface area contributed by atoms with Crippen LogP contribution in [0.15, 0.2) is 73.2 Å². The molecule has 0 amide bonds. The fraction of sp³-hybridized carbons (Fsp3) is 0.138. The Morgan fingerprint density at radius 3 is 2.58 bits per heavy atom. The van der Waals surface area contributed by atoms with E-state index in [4.69, 9.17) is 0 Å². The van der Waals surface area contributed by atoms with E-state index < -0.39 is 0 Å². The number of aromatic nitrogens is 5. The van der Waals surface area contributed by atoms with Gasteiger partial charge in [-0.25, -0.2) is 9.37 Å². The second-order valence-electron chi connectivity index (χ2n) is 9.48. The summed E-state index contributed by atoms with van der Waals surface area (Å²) in [5, 5.41) is 9.57. The lowest BCUT2D eigenvalue weighted by Crippen LogP contribution is -2.10. The number of nitrogens with zero attached hydrogens (tertiary/aromatic N) is 4. The van der Waals surface area contributed by atoms with Gasteiger partial charge in [-0.05, 0) is 79.7 Å². The van der Waals surface area contributed by atoms with Crippen LogP contribution in [-0.4, -0.2) is 44.1 Å². The van der Waals surface area contributed by atoms with Crippen LogP contribution in [-0.2, 0) is 6.54 Å². The topological polar surface area (TPSA) is 73.5 Å². The SMILES string of the molecule is Cc1cc(F)cc(-c2cccc3[nH]c(-c4n[nH]c5ncc(-c6cncc(CN(C)C)c6)cc45)cc23)c1. The Hall–Kier alpha value is -4.36. The third kappa shape index (κ3) is 4.03. The number of benzene rings is 2. The van der Waals surface area contributed by atoms with Crippen molar-refractivity contribution < 1.29 is 4.39 Å². The molecule has 6 nitrogen and oxygen atoms in total. The first kappa shape index (κ1) is 22.1. The van der Waals surface area contributed by atoms with Crippen LogP contribution in [0.4, 0.5) is 4.39 Å². The van der Waals surface area contributed by atoms with Gasteiger partial charge < -0.3 is 9.88 Å². The van der Waals surface area contributed by atoms with Crippen molar-refractivity contribution in [3.05, 3.63) is 90.1 Å². The van der Waals surface area contributed by atoms with Crippen LogP contribution >= 0.6 is 0 Å². The standard InChI is InChI=1S/C29H25FN6/c1-17-7-19(10-22(30)8-17)23-5-4-6-26-24(23)12-27(33-26)28-25-11-21(15-32-29(25)35-34-28)20-9-18(13-31-14-20)16-36(2)3/h4-15,33H,16H2,1-3H3,(H,32,34,35). The normalized spacial score (nSPS) is 11.7. The number of hydrogen-bond donors (Lipinski definition) is 2. The van der Waals surface area contributed by atoms with Crippen molar-refractivity contribution in [2.24, 2.45) is 0 Å². The Morgan fingerprint density at radius 1 is 0.889 bits per heavy atom. The first-order valence-electron chi connectivity index (χ1n) is 11.8. The third-order valence-corrected chi connectivity index (χ3v) is 6.32. The van der Waals surface area contributed by atoms with Crippen molar-refractivity contribution in [3.63, 3.8) is 0 Å². The van der Waals surface area contributed by atoms with Crippen molar-refractivity contribution >= 4 is 21.9 Å². The maximum absolute atomic E-state index is 14.1. The molecule has 0 unspecified atom stereocenters. The van der Waals surface area contributed by atoms with Crippen molar-refractivity contribution in [2.45, 2.75) is 13.5 Å². The van der Waals surface area contributed by atoms with E-state index in [1.807, 2.05) is 63.9 Å². The summed E-state index contributed by atoms with van der Waals surface area (Å²) in [6.45, 7) is 2.72. The van der Waals surface area contributed by atoms with Crippen molar-refractivity contribution in [3.8, 4) is 33.6 Å². The average molecular weight is 477 g/mol. The number of pyridine rings is 2. The molecule has 0 bridgehead atoms. The summed E-state index contributed by atoms with van der Waals surface area (Å²) < 4.78 is 14.1. The molecule has 6 aromatic rings. The van der Waals surface area contributed by atoms with E-state index in [1.54, 1.807) is 12.1 Å². The monoisotopic (exact) mass is 476 g/mol. The summed E-state index contributed by atoms with van der Waals surface area (Å²) in [6.07, 6.45) is 5.59. The van der Waals surface area contributed by atoms with Gasteiger partial charge >= 0.3 is 0 Å². The van der Waals surface area contributed by atoms with Gasteiger partial charge in [0.15, 0.2) is 5.65 Å². The zero-order valence-corrected chi connectivity index (χ0v) is 20.3. The Labute approximate surface area is 207 Å². The fourth-order valence-electron chi connectivity index (χ4n) is 4.79. The van der Waals surface area contributed by atoms with Gasteiger partial charge in [-0.1, -0.05) is 18.2 Å². The molecule has 0 aliphatic rings. The van der Waals surface area contributed by atoms with E-state index in [2.05, 4.69) is 48.2 Å². The molecule has 178 valence electrons. The van der Waals surface area contributed by atoms with E-state index in [1.165, 1.54) is 0 Å². The highest BCUT2D eigenvalue weighted by molar-refractivity contribution is 6.01. The van der Waals surface area contributed by atoms with Gasteiger partial charge in [-0.3, -0.25) is 10.1 Å². The zero-order chi connectivity index (χ0) is 24.8. The minimum Gasteiger partial charge on any atom is -0.353 e. The highest BCUT2D eigenvalue weighted by atomic mass is 19.1. The number of aryl methyl sites for hydroxylation is 1. The molecule has 7 heteroatoms. The molecule has 0 radical (unpaired) electrons. The van der Waals surface area contributed by atoms with Crippen LogP contribution < -0.4 is 0 Å². The van der Waals surface area contributed by atoms with Crippen molar-refractivity contribution in [1.29, 1.82) is 0 Å². The highest BCUT2D eigenvalue weighted by Gasteiger charge is 2.15. The summed E-state index contributed by atoms with van der Waals surface area (Å²) in [4.78, 5) is 14.7. The predicted octanol–water partition coefficient (Wildman–Crippen LogP) is 6.34. The molecule has 0 saturated carbocycles. The Bertz CT molecular complexity index is 1710. The molecule has 0 aliphatic carbocycles. The smallest absolute Gasteiger partial charge is 0.155 e. The molecular weight excluding hydrogens is 451 g/mol. The molecule has 0 fully saturated rings. The molecule has 4 aromatic heterocycles. The Morgan fingerprint density at radius 2 is 1.75 bits per heavy atom. The summed E-state index contributed by atoms with van der Waals surface area (Å²) in [6, 6.07) is 17.5. The van der Waals surface area contributed by atoms with Crippen LogP contribution in [0, 0.1) is 12.7 Å². The first-order valence-corrected chi connectivity index (χ1v) is 11.8. The minimum atomic E-state index is -0.237. The van der Waals surface area contributed by atoms with Crippen LogP contribution in [0.5, 0.6) is 0 Å². The van der Waals surface area contributed by atoms with Crippen LogP contribution in [0.2, 0.25) is 0 Å². The van der Waals surface area contributed by atoms with Gasteiger partial charge in [0, 0.05) is 52.6 Å². The van der Waals surface area contributed by atoms with Gasteiger partial charge in [0.2, 0.25) is 0 Å². The number of rotatable bonds is 5. The molecule has 0 aliphatic heterocycles. The van der Waals surface area contributed by atoms with Gasteiger partial charge in [0.25, 0.3) is 0 Å².